The summed E-state index contributed by atoms with van der Waals surface area (Å²) in [7, 11) is 0. The van der Waals surface area contributed by atoms with Gasteiger partial charge >= 0.3 is 5.97 Å². The molecule has 58 valence electrons. The van der Waals surface area contributed by atoms with E-state index in [4.69, 9.17) is 9.90 Å². The zero-order valence-electron chi connectivity index (χ0n) is 5.86. The summed E-state index contributed by atoms with van der Waals surface area (Å²) in [5.41, 5.74) is 0.331. The van der Waals surface area contributed by atoms with Gasteiger partial charge in [-0.1, -0.05) is 18.2 Å². The molecule has 0 unspecified atom stereocenters. The molecule has 0 saturated carbocycles. The molecule has 11 heavy (non-hydrogen) atoms. The standard InChI is InChI=1S/C7H6O2.CH2O/c8-7(9)6-4-2-1-3-5-6;1-2/h1-5H,(H,8,9);1H2. The second-order valence-corrected chi connectivity index (χ2v) is 1.67. The van der Waals surface area contributed by atoms with Crippen LogP contribution >= 0.6 is 0 Å². The van der Waals surface area contributed by atoms with Gasteiger partial charge in [0.25, 0.3) is 0 Å². The molecule has 0 fully saturated rings. The minimum absolute atomic E-state index is 0.331. The first kappa shape index (κ1) is 9.36. The first-order valence-electron chi connectivity index (χ1n) is 2.88. The quantitative estimate of drug-likeness (QED) is 0.657. The lowest BCUT2D eigenvalue weighted by atomic mass is 10.2. The highest BCUT2D eigenvalue weighted by Crippen LogP contribution is 1.96. The van der Waals surface area contributed by atoms with Crippen molar-refractivity contribution in [2.45, 2.75) is 0 Å². The number of hydrogen-bond donors (Lipinski definition) is 1. The highest BCUT2D eigenvalue weighted by atomic mass is 16.4. The highest BCUT2D eigenvalue weighted by Gasteiger charge is 1.96. The lowest BCUT2D eigenvalue weighted by molar-refractivity contribution is -0.0980. The summed E-state index contributed by atoms with van der Waals surface area (Å²) in [6.07, 6.45) is 0. The lowest BCUT2D eigenvalue weighted by Crippen LogP contribution is -1.93. The summed E-state index contributed by atoms with van der Waals surface area (Å²) in [5, 5.41) is 8.38. The molecular weight excluding hydrogens is 144 g/mol. The van der Waals surface area contributed by atoms with Crippen molar-refractivity contribution in [1.82, 2.24) is 0 Å². The third kappa shape index (κ3) is 3.15. The van der Waals surface area contributed by atoms with E-state index >= 15 is 0 Å². The van der Waals surface area contributed by atoms with Gasteiger partial charge in [0, 0.05) is 0 Å². The van der Waals surface area contributed by atoms with Gasteiger partial charge in [-0.3, -0.25) is 0 Å². The van der Waals surface area contributed by atoms with Crippen LogP contribution in [0.4, 0.5) is 0 Å². The molecule has 0 atom stereocenters. The molecule has 0 saturated heterocycles. The third-order valence-electron chi connectivity index (χ3n) is 1.02. The second-order valence-electron chi connectivity index (χ2n) is 1.67. The summed E-state index contributed by atoms with van der Waals surface area (Å²) < 4.78 is 0. The molecule has 1 rings (SSSR count). The average Bonchev–Trinajstić information content (AvgIpc) is 2.10. The van der Waals surface area contributed by atoms with Crippen molar-refractivity contribution in [1.29, 1.82) is 0 Å². The van der Waals surface area contributed by atoms with Gasteiger partial charge in [-0.15, -0.1) is 0 Å². The van der Waals surface area contributed by atoms with E-state index in [0.29, 0.717) is 5.56 Å². The maximum Gasteiger partial charge on any atom is 0.335 e. The summed E-state index contributed by atoms with van der Waals surface area (Å²) in [4.78, 5) is 18.2. The highest BCUT2D eigenvalue weighted by molar-refractivity contribution is 5.87. The molecule has 0 aromatic heterocycles. The van der Waals surface area contributed by atoms with Gasteiger partial charge in [-0.05, 0) is 12.1 Å². The van der Waals surface area contributed by atoms with Crippen LogP contribution in [0.2, 0.25) is 0 Å². The fourth-order valence-electron chi connectivity index (χ4n) is 0.581. The van der Waals surface area contributed by atoms with Gasteiger partial charge in [0.1, 0.15) is 6.79 Å². The van der Waals surface area contributed by atoms with Crippen LogP contribution in [0, 0.1) is 0 Å². The predicted molar refractivity (Wildman–Crippen MR) is 40.5 cm³/mol. The topological polar surface area (TPSA) is 54.4 Å². The molecule has 0 spiro atoms. The number of carbonyl (C=O) groups is 2. The Morgan fingerprint density at radius 3 is 1.91 bits per heavy atom. The number of carboxylic acids is 1. The number of rotatable bonds is 1. The molecule has 3 heteroatoms. The number of carbonyl (C=O) groups excluding carboxylic acids is 1. The summed E-state index contributed by atoms with van der Waals surface area (Å²) >= 11 is 0. The van der Waals surface area contributed by atoms with E-state index in [1.165, 1.54) is 0 Å². The van der Waals surface area contributed by atoms with Crippen LogP contribution in [0.5, 0.6) is 0 Å². The first-order chi connectivity index (χ1) is 5.30. The van der Waals surface area contributed by atoms with Gasteiger partial charge in [0.2, 0.25) is 0 Å². The zero-order valence-corrected chi connectivity index (χ0v) is 5.86. The minimum atomic E-state index is -0.879. The molecule has 3 nitrogen and oxygen atoms in total. The summed E-state index contributed by atoms with van der Waals surface area (Å²) in [6.45, 7) is 2.00. The van der Waals surface area contributed by atoms with Crippen molar-refractivity contribution in [3.63, 3.8) is 0 Å². The van der Waals surface area contributed by atoms with Crippen molar-refractivity contribution in [2.24, 2.45) is 0 Å². The number of benzene rings is 1. The first-order valence-corrected chi connectivity index (χ1v) is 2.88. The van der Waals surface area contributed by atoms with Gasteiger partial charge in [-0.25, -0.2) is 4.79 Å². The van der Waals surface area contributed by atoms with Crippen LogP contribution in [0.15, 0.2) is 30.3 Å². The molecule has 0 aliphatic heterocycles. The molecule has 1 aromatic carbocycles. The second kappa shape index (κ2) is 5.17. The normalized spacial score (nSPS) is 7.64. The predicted octanol–water partition coefficient (Wildman–Crippen LogP) is 1.20. The Morgan fingerprint density at radius 1 is 1.18 bits per heavy atom. The van der Waals surface area contributed by atoms with Crippen molar-refractivity contribution in [2.75, 3.05) is 0 Å². The van der Waals surface area contributed by atoms with Crippen molar-refractivity contribution < 1.29 is 14.7 Å². The Kier molecular flexibility index (Phi) is 4.40. The van der Waals surface area contributed by atoms with Gasteiger partial charge in [0.05, 0.1) is 5.56 Å². The largest absolute Gasteiger partial charge is 0.478 e. The van der Waals surface area contributed by atoms with Gasteiger partial charge < -0.3 is 9.90 Å². The average molecular weight is 152 g/mol. The van der Waals surface area contributed by atoms with E-state index in [1.54, 1.807) is 30.3 Å². The van der Waals surface area contributed by atoms with Gasteiger partial charge in [-0.2, -0.15) is 0 Å². The molecule has 0 amide bonds. The van der Waals surface area contributed by atoms with E-state index in [1.807, 2.05) is 6.79 Å². The van der Waals surface area contributed by atoms with E-state index < -0.39 is 5.97 Å². The third-order valence-corrected chi connectivity index (χ3v) is 1.02. The van der Waals surface area contributed by atoms with Crippen molar-refractivity contribution in [3.8, 4) is 0 Å². The van der Waals surface area contributed by atoms with Crippen LogP contribution in [0.3, 0.4) is 0 Å². The van der Waals surface area contributed by atoms with E-state index in [2.05, 4.69) is 0 Å². The maximum atomic E-state index is 10.2. The molecule has 1 N–H and O–H groups in total. The van der Waals surface area contributed by atoms with Crippen molar-refractivity contribution in [3.05, 3.63) is 35.9 Å². The van der Waals surface area contributed by atoms with Crippen LogP contribution in [-0.4, -0.2) is 17.9 Å². The Bertz CT molecular complexity index is 218. The SMILES string of the molecule is C=O.O=C(O)c1ccccc1. The zero-order chi connectivity index (χ0) is 8.69. The van der Waals surface area contributed by atoms with Gasteiger partial charge in [0.15, 0.2) is 0 Å². The maximum absolute atomic E-state index is 10.2. The van der Waals surface area contributed by atoms with Crippen LogP contribution < -0.4 is 0 Å². The molecule has 0 heterocycles. The molecule has 0 aliphatic carbocycles. The van der Waals surface area contributed by atoms with E-state index in [-0.39, 0.29) is 0 Å². The Hall–Kier alpha value is -1.64. The molecule has 0 bridgehead atoms. The Labute approximate surface area is 64.3 Å². The van der Waals surface area contributed by atoms with Crippen LogP contribution in [0.25, 0.3) is 0 Å². The Morgan fingerprint density at radius 2 is 1.64 bits per heavy atom. The fraction of sp³-hybridized carbons (Fsp3) is 0. The Balaban J connectivity index is 0.000000461. The number of carboxylic acid groups (broad SMARTS) is 1. The van der Waals surface area contributed by atoms with E-state index in [9.17, 15) is 4.79 Å². The number of hydrogen-bond acceptors (Lipinski definition) is 2. The summed E-state index contributed by atoms with van der Waals surface area (Å²) in [6, 6.07) is 8.30. The molecular formula is C8H8O3. The van der Waals surface area contributed by atoms with Crippen LogP contribution in [0.1, 0.15) is 10.4 Å². The minimum Gasteiger partial charge on any atom is -0.478 e. The monoisotopic (exact) mass is 152 g/mol. The smallest absolute Gasteiger partial charge is 0.335 e. The molecule has 0 radical (unpaired) electrons. The lowest BCUT2D eigenvalue weighted by Gasteiger charge is -1.88. The number of aromatic carboxylic acids is 1. The van der Waals surface area contributed by atoms with E-state index in [0.717, 1.165) is 0 Å². The summed E-state index contributed by atoms with van der Waals surface area (Å²) in [5.74, 6) is -0.879. The fourth-order valence-corrected chi connectivity index (χ4v) is 0.581. The van der Waals surface area contributed by atoms with Crippen LogP contribution in [-0.2, 0) is 4.79 Å². The molecule has 1 aromatic rings. The van der Waals surface area contributed by atoms with Crippen molar-refractivity contribution >= 4 is 12.8 Å². The molecule has 0 aliphatic rings.